The van der Waals surface area contributed by atoms with Crippen LogP contribution >= 0.6 is 15.9 Å². The molecular weight excluding hydrogens is 432 g/mol. The van der Waals surface area contributed by atoms with Crippen LogP contribution in [-0.2, 0) is 12.7 Å². The summed E-state index contributed by atoms with van der Waals surface area (Å²) in [6.07, 6.45) is -4.59. The fraction of sp³-hybridized carbons (Fsp3) is 0.353. The van der Waals surface area contributed by atoms with Crippen LogP contribution in [0.15, 0.2) is 24.3 Å². The molecule has 2 aromatic rings. The number of hydrogen-bond donors (Lipinski definition) is 3. The molecule has 1 heterocycles. The molecule has 0 saturated heterocycles. The zero-order valence-electron chi connectivity index (χ0n) is 14.5. The smallest absolute Gasteiger partial charge is 0.419 e. The number of alkyl halides is 4. The Labute approximate surface area is 162 Å². The van der Waals surface area contributed by atoms with E-state index in [0.717, 1.165) is 6.07 Å². The van der Waals surface area contributed by atoms with Gasteiger partial charge in [-0.25, -0.2) is 10.5 Å². The number of ether oxygens (including phenoxy) is 1. The summed E-state index contributed by atoms with van der Waals surface area (Å²) in [4.78, 5) is 4.21. The maximum Gasteiger partial charge on any atom is 0.419 e. The van der Waals surface area contributed by atoms with Crippen LogP contribution in [0.1, 0.15) is 18.2 Å². The Morgan fingerprint density at radius 2 is 2.00 bits per heavy atom. The van der Waals surface area contributed by atoms with E-state index in [-0.39, 0.29) is 41.5 Å². The molecule has 10 heteroatoms. The van der Waals surface area contributed by atoms with Crippen LogP contribution in [0.4, 0.5) is 29.0 Å². The van der Waals surface area contributed by atoms with Gasteiger partial charge < -0.3 is 15.8 Å². The van der Waals surface area contributed by atoms with E-state index < -0.39 is 11.7 Å². The first-order valence-electron chi connectivity index (χ1n) is 8.10. The van der Waals surface area contributed by atoms with Crippen LogP contribution in [0.2, 0.25) is 0 Å². The third-order valence-corrected chi connectivity index (χ3v) is 4.07. The Hall–Kier alpha value is -2.07. The number of halogens is 5. The second-order valence-corrected chi connectivity index (χ2v) is 6.23. The van der Waals surface area contributed by atoms with Gasteiger partial charge in [0.05, 0.1) is 29.2 Å². The lowest BCUT2D eigenvalue weighted by Gasteiger charge is -2.17. The van der Waals surface area contributed by atoms with Gasteiger partial charge in [-0.15, -0.1) is 4.48 Å². The predicted molar refractivity (Wildman–Crippen MR) is 101 cm³/mol. The third-order valence-electron chi connectivity index (χ3n) is 3.67. The van der Waals surface area contributed by atoms with Crippen molar-refractivity contribution in [3.63, 3.8) is 0 Å². The summed E-state index contributed by atoms with van der Waals surface area (Å²) in [5, 5.41) is 3.58. The highest BCUT2D eigenvalue weighted by Gasteiger charge is 2.35. The maximum atomic E-state index is 13.4. The van der Waals surface area contributed by atoms with E-state index in [2.05, 4.69) is 26.2 Å². The highest BCUT2D eigenvalue weighted by atomic mass is 79.9. The monoisotopic (exact) mass is 450 g/mol. The minimum absolute atomic E-state index is 0.0594. The number of benzene rings is 1. The molecule has 1 aromatic heterocycles. The molecule has 0 radical (unpaired) electrons. The van der Waals surface area contributed by atoms with Crippen LogP contribution in [0, 0.1) is 0 Å². The number of nitrogens with zero attached hydrogens (tertiary/aromatic N) is 1. The molecule has 1 aromatic carbocycles. The number of pyridine rings is 1. The Kier molecular flexibility index (Phi) is 7.25. The van der Waals surface area contributed by atoms with E-state index in [9.17, 15) is 17.7 Å². The summed E-state index contributed by atoms with van der Waals surface area (Å²) in [6, 6.07) is 5.15. The van der Waals surface area contributed by atoms with Crippen molar-refractivity contribution in [1.82, 2.24) is 4.98 Å². The van der Waals surface area contributed by atoms with Crippen molar-refractivity contribution in [2.75, 3.05) is 29.3 Å². The summed E-state index contributed by atoms with van der Waals surface area (Å²) in [6.45, 7) is 2.09. The van der Waals surface area contributed by atoms with Gasteiger partial charge in [-0.05, 0) is 31.2 Å². The summed E-state index contributed by atoms with van der Waals surface area (Å²) in [5.41, 5.74) is 7.32. The standard InChI is InChI=1S/C17H19BrF4N4O/c1-2-27-15-4-3-10(7-11(15)17(19,20)21)12-8-13(24-6-5-18)16(26-22)14(9-23)25-12/h3-4,7-8,26H,2,5-6,9,23H2,1H3,(H,24,25). The summed E-state index contributed by atoms with van der Waals surface area (Å²) >= 11 is 3.25. The van der Waals surface area contributed by atoms with Gasteiger partial charge in [-0.1, -0.05) is 15.9 Å². The topological polar surface area (TPSA) is 72.2 Å². The first-order valence-corrected chi connectivity index (χ1v) is 9.22. The van der Waals surface area contributed by atoms with Gasteiger partial charge in [-0.3, -0.25) is 0 Å². The molecule has 148 valence electrons. The van der Waals surface area contributed by atoms with Crippen molar-refractivity contribution >= 4 is 27.3 Å². The molecule has 2 rings (SSSR count). The van der Waals surface area contributed by atoms with Crippen molar-refractivity contribution in [3.8, 4) is 17.0 Å². The van der Waals surface area contributed by atoms with Crippen molar-refractivity contribution in [2.45, 2.75) is 19.6 Å². The zero-order valence-corrected chi connectivity index (χ0v) is 16.0. The maximum absolute atomic E-state index is 13.4. The van der Waals surface area contributed by atoms with Crippen LogP contribution in [0.25, 0.3) is 11.3 Å². The first-order chi connectivity index (χ1) is 12.8. The number of hydrogen-bond acceptors (Lipinski definition) is 5. The van der Waals surface area contributed by atoms with Crippen LogP contribution in [-0.4, -0.2) is 23.5 Å². The molecule has 0 amide bonds. The minimum atomic E-state index is -4.59. The molecule has 0 aliphatic heterocycles. The number of nitrogens with one attached hydrogen (secondary N) is 2. The molecule has 0 bridgehead atoms. The van der Waals surface area contributed by atoms with E-state index in [1.54, 1.807) is 12.5 Å². The number of nitrogens with two attached hydrogens (primary N) is 1. The first kappa shape index (κ1) is 21.2. The van der Waals surface area contributed by atoms with Crippen LogP contribution < -0.4 is 21.3 Å². The molecule has 27 heavy (non-hydrogen) atoms. The van der Waals surface area contributed by atoms with Gasteiger partial charge >= 0.3 is 6.18 Å². The average Bonchev–Trinajstić information content (AvgIpc) is 2.65. The van der Waals surface area contributed by atoms with Gasteiger partial charge in [0.1, 0.15) is 11.4 Å². The van der Waals surface area contributed by atoms with Gasteiger partial charge in [0.15, 0.2) is 0 Å². The van der Waals surface area contributed by atoms with Gasteiger partial charge in [0, 0.05) is 24.0 Å². The quantitative estimate of drug-likeness (QED) is 0.308. The molecule has 0 saturated carbocycles. The van der Waals surface area contributed by atoms with Crippen molar-refractivity contribution in [3.05, 3.63) is 35.5 Å². The largest absolute Gasteiger partial charge is 0.493 e. The predicted octanol–water partition coefficient (Wildman–Crippen LogP) is 4.73. The lowest BCUT2D eigenvalue weighted by atomic mass is 10.0. The molecule has 4 N–H and O–H groups in total. The van der Waals surface area contributed by atoms with Crippen molar-refractivity contribution in [2.24, 2.45) is 5.73 Å². The van der Waals surface area contributed by atoms with Gasteiger partial charge in [0.2, 0.25) is 0 Å². The fourth-order valence-electron chi connectivity index (χ4n) is 2.51. The minimum Gasteiger partial charge on any atom is -0.493 e. The number of anilines is 2. The lowest BCUT2D eigenvalue weighted by Crippen LogP contribution is -2.11. The van der Waals surface area contributed by atoms with Crippen LogP contribution in [0.3, 0.4) is 0 Å². The molecule has 0 unspecified atom stereocenters. The molecule has 0 aliphatic carbocycles. The summed E-state index contributed by atoms with van der Waals surface area (Å²) in [7, 11) is 0. The van der Waals surface area contributed by atoms with Crippen LogP contribution in [0.5, 0.6) is 5.75 Å². The van der Waals surface area contributed by atoms with E-state index in [1.165, 1.54) is 18.2 Å². The second kappa shape index (κ2) is 9.23. The summed E-state index contributed by atoms with van der Waals surface area (Å²) < 4.78 is 58.4. The number of aromatic nitrogens is 1. The normalized spacial score (nSPS) is 11.4. The lowest BCUT2D eigenvalue weighted by molar-refractivity contribution is -0.138. The Balaban J connectivity index is 2.59. The SMILES string of the molecule is CCOc1ccc(-c2cc(NCCBr)c(NF)c(CN)n2)cc1C(F)(F)F. The third kappa shape index (κ3) is 5.01. The van der Waals surface area contributed by atoms with Gasteiger partial charge in [0.25, 0.3) is 0 Å². The molecule has 0 spiro atoms. The average molecular weight is 451 g/mol. The molecule has 0 atom stereocenters. The van der Waals surface area contributed by atoms with E-state index in [4.69, 9.17) is 10.5 Å². The summed E-state index contributed by atoms with van der Waals surface area (Å²) in [5.74, 6) is -0.257. The molecular formula is C17H19BrF4N4O. The molecule has 0 fully saturated rings. The molecule has 0 aliphatic rings. The second-order valence-electron chi connectivity index (χ2n) is 5.43. The molecule has 5 nitrogen and oxygen atoms in total. The van der Waals surface area contributed by atoms with Gasteiger partial charge in [-0.2, -0.15) is 13.2 Å². The Morgan fingerprint density at radius 3 is 2.56 bits per heavy atom. The van der Waals surface area contributed by atoms with Crippen molar-refractivity contribution in [1.29, 1.82) is 0 Å². The number of rotatable bonds is 8. The highest BCUT2D eigenvalue weighted by molar-refractivity contribution is 9.09. The highest BCUT2D eigenvalue weighted by Crippen LogP contribution is 2.39. The van der Waals surface area contributed by atoms with E-state index in [0.29, 0.717) is 17.6 Å². The van der Waals surface area contributed by atoms with E-state index in [1.807, 2.05) is 0 Å². The van der Waals surface area contributed by atoms with E-state index >= 15 is 0 Å². The van der Waals surface area contributed by atoms with Crippen molar-refractivity contribution < 1.29 is 22.4 Å². The zero-order chi connectivity index (χ0) is 20.0. The fourth-order valence-corrected chi connectivity index (χ4v) is 2.71. The Morgan fingerprint density at radius 1 is 1.26 bits per heavy atom. The Bertz CT molecular complexity index is 786.